The van der Waals surface area contributed by atoms with E-state index in [1.807, 2.05) is 6.07 Å². The van der Waals surface area contributed by atoms with Gasteiger partial charge in [-0.2, -0.15) is 0 Å². The van der Waals surface area contributed by atoms with Gasteiger partial charge in [0.25, 0.3) is 0 Å². The SMILES string of the molecule is CC1CN(C)CCN1c1cc(NN)nc(C2CC2)n1. The van der Waals surface area contributed by atoms with E-state index in [4.69, 9.17) is 10.8 Å². The summed E-state index contributed by atoms with van der Waals surface area (Å²) < 4.78 is 0. The molecule has 0 aromatic carbocycles. The third-order valence-corrected chi connectivity index (χ3v) is 3.95. The molecule has 0 amide bonds. The van der Waals surface area contributed by atoms with Crippen molar-refractivity contribution in [2.45, 2.75) is 31.7 Å². The third kappa shape index (κ3) is 2.64. The van der Waals surface area contributed by atoms with Gasteiger partial charge < -0.3 is 15.2 Å². The van der Waals surface area contributed by atoms with Gasteiger partial charge in [-0.05, 0) is 26.8 Å². The van der Waals surface area contributed by atoms with E-state index >= 15 is 0 Å². The average molecular weight is 262 g/mol. The average Bonchev–Trinajstić information content (AvgIpc) is 3.22. The number of nitrogens with zero attached hydrogens (tertiary/aromatic N) is 4. The Hall–Kier alpha value is -1.40. The predicted molar refractivity (Wildman–Crippen MR) is 76.1 cm³/mol. The van der Waals surface area contributed by atoms with Crippen LogP contribution >= 0.6 is 0 Å². The van der Waals surface area contributed by atoms with Gasteiger partial charge in [0.1, 0.15) is 17.5 Å². The van der Waals surface area contributed by atoms with Crippen molar-refractivity contribution in [2.75, 3.05) is 37.0 Å². The van der Waals surface area contributed by atoms with Crippen molar-refractivity contribution >= 4 is 11.6 Å². The van der Waals surface area contributed by atoms with Gasteiger partial charge in [0.15, 0.2) is 0 Å². The summed E-state index contributed by atoms with van der Waals surface area (Å²) in [6.07, 6.45) is 2.40. The first-order valence-electron chi connectivity index (χ1n) is 6.98. The van der Waals surface area contributed by atoms with Crippen molar-refractivity contribution in [2.24, 2.45) is 5.84 Å². The number of nitrogen functional groups attached to an aromatic ring is 1. The maximum absolute atomic E-state index is 5.53. The molecule has 2 heterocycles. The van der Waals surface area contributed by atoms with Crippen LogP contribution in [0.1, 0.15) is 31.5 Å². The molecule has 6 nitrogen and oxygen atoms in total. The van der Waals surface area contributed by atoms with Gasteiger partial charge in [0.2, 0.25) is 0 Å². The van der Waals surface area contributed by atoms with Crippen molar-refractivity contribution in [3.63, 3.8) is 0 Å². The Kier molecular flexibility index (Phi) is 3.28. The molecule has 1 aliphatic heterocycles. The molecule has 2 fully saturated rings. The molecule has 1 aromatic rings. The minimum absolute atomic E-state index is 0.464. The van der Waals surface area contributed by atoms with Crippen LogP contribution in [0.5, 0.6) is 0 Å². The van der Waals surface area contributed by atoms with Gasteiger partial charge in [-0.25, -0.2) is 15.8 Å². The molecule has 6 heteroatoms. The molecule has 19 heavy (non-hydrogen) atoms. The summed E-state index contributed by atoms with van der Waals surface area (Å²) in [5, 5.41) is 0. The Bertz CT molecular complexity index is 458. The van der Waals surface area contributed by atoms with E-state index in [1.54, 1.807) is 0 Å². The molecule has 0 bridgehead atoms. The minimum Gasteiger partial charge on any atom is -0.351 e. The highest BCUT2D eigenvalue weighted by Gasteiger charge is 2.29. The number of anilines is 2. The van der Waals surface area contributed by atoms with Crippen molar-refractivity contribution < 1.29 is 0 Å². The van der Waals surface area contributed by atoms with E-state index in [1.165, 1.54) is 12.8 Å². The fourth-order valence-electron chi connectivity index (χ4n) is 2.68. The molecule has 3 N–H and O–H groups in total. The maximum atomic E-state index is 5.53. The van der Waals surface area contributed by atoms with Gasteiger partial charge in [-0.3, -0.25) is 0 Å². The zero-order valence-corrected chi connectivity index (χ0v) is 11.6. The van der Waals surface area contributed by atoms with Crippen LogP contribution in [-0.2, 0) is 0 Å². The van der Waals surface area contributed by atoms with Gasteiger partial charge in [-0.15, -0.1) is 0 Å². The fourth-order valence-corrected chi connectivity index (χ4v) is 2.68. The number of hydrazine groups is 1. The number of piperazine rings is 1. The molecule has 1 aromatic heterocycles. The van der Waals surface area contributed by atoms with E-state index in [9.17, 15) is 0 Å². The zero-order chi connectivity index (χ0) is 13.4. The number of aromatic nitrogens is 2. The van der Waals surface area contributed by atoms with E-state index in [0.29, 0.717) is 12.0 Å². The summed E-state index contributed by atoms with van der Waals surface area (Å²) in [6, 6.07) is 2.42. The summed E-state index contributed by atoms with van der Waals surface area (Å²) in [6.45, 7) is 5.37. The van der Waals surface area contributed by atoms with Crippen molar-refractivity contribution in [1.82, 2.24) is 14.9 Å². The van der Waals surface area contributed by atoms with Crippen molar-refractivity contribution in [3.05, 3.63) is 11.9 Å². The van der Waals surface area contributed by atoms with Gasteiger partial charge in [0, 0.05) is 37.7 Å². The predicted octanol–water partition coefficient (Wildman–Crippen LogP) is 0.780. The number of likely N-dealkylation sites (N-methyl/N-ethyl adjacent to an activating group) is 1. The van der Waals surface area contributed by atoms with Crippen LogP contribution in [0.3, 0.4) is 0 Å². The number of nitrogens with two attached hydrogens (primary N) is 1. The van der Waals surface area contributed by atoms with Crippen LogP contribution in [0.4, 0.5) is 11.6 Å². The Morgan fingerprint density at radius 3 is 2.74 bits per heavy atom. The van der Waals surface area contributed by atoms with Gasteiger partial charge >= 0.3 is 0 Å². The smallest absolute Gasteiger partial charge is 0.145 e. The quantitative estimate of drug-likeness (QED) is 0.619. The molecule has 1 aliphatic carbocycles. The molecule has 104 valence electrons. The first-order chi connectivity index (χ1) is 9.17. The Labute approximate surface area is 114 Å². The largest absolute Gasteiger partial charge is 0.351 e. The van der Waals surface area contributed by atoms with E-state index < -0.39 is 0 Å². The van der Waals surface area contributed by atoms with Gasteiger partial charge in [0.05, 0.1) is 0 Å². The lowest BCUT2D eigenvalue weighted by Gasteiger charge is -2.39. The summed E-state index contributed by atoms with van der Waals surface area (Å²) in [5.74, 6) is 8.73. The highest BCUT2D eigenvalue weighted by Crippen LogP contribution is 2.39. The second kappa shape index (κ2) is 4.94. The highest BCUT2D eigenvalue weighted by atomic mass is 15.3. The topological polar surface area (TPSA) is 70.3 Å². The minimum atomic E-state index is 0.464. The molecule has 2 aliphatic rings. The first-order valence-corrected chi connectivity index (χ1v) is 6.98. The molecule has 1 unspecified atom stereocenters. The van der Waals surface area contributed by atoms with Crippen LogP contribution in [0.25, 0.3) is 0 Å². The number of rotatable bonds is 3. The van der Waals surface area contributed by atoms with E-state index in [2.05, 4.69) is 34.2 Å². The molecule has 3 rings (SSSR count). The molecule has 1 saturated heterocycles. The Morgan fingerprint density at radius 1 is 1.32 bits per heavy atom. The second-order valence-corrected chi connectivity index (χ2v) is 5.69. The monoisotopic (exact) mass is 262 g/mol. The summed E-state index contributed by atoms with van der Waals surface area (Å²) >= 11 is 0. The highest BCUT2D eigenvalue weighted by molar-refractivity contribution is 5.50. The lowest BCUT2D eigenvalue weighted by Crippen LogP contribution is -2.50. The molecule has 0 spiro atoms. The van der Waals surface area contributed by atoms with E-state index in [0.717, 1.165) is 37.1 Å². The Morgan fingerprint density at radius 2 is 2.11 bits per heavy atom. The summed E-state index contributed by atoms with van der Waals surface area (Å²) in [4.78, 5) is 13.9. The summed E-state index contributed by atoms with van der Waals surface area (Å²) in [5.41, 5.74) is 2.66. The maximum Gasteiger partial charge on any atom is 0.145 e. The standard InChI is InChI=1S/C13H22N6/c1-9-8-18(2)5-6-19(9)12-7-11(17-14)15-13(16-12)10-3-4-10/h7,9-10H,3-6,8,14H2,1-2H3,(H,15,16,17). The molecular formula is C13H22N6. The summed E-state index contributed by atoms with van der Waals surface area (Å²) in [7, 11) is 2.16. The van der Waals surface area contributed by atoms with Crippen LogP contribution in [0, 0.1) is 0 Å². The number of hydrogen-bond acceptors (Lipinski definition) is 6. The lowest BCUT2D eigenvalue weighted by molar-refractivity contribution is 0.274. The van der Waals surface area contributed by atoms with Crippen LogP contribution < -0.4 is 16.2 Å². The van der Waals surface area contributed by atoms with Gasteiger partial charge in [-0.1, -0.05) is 0 Å². The number of nitrogens with one attached hydrogen (secondary N) is 1. The third-order valence-electron chi connectivity index (χ3n) is 3.95. The van der Waals surface area contributed by atoms with Crippen molar-refractivity contribution in [1.29, 1.82) is 0 Å². The molecule has 0 radical (unpaired) electrons. The zero-order valence-electron chi connectivity index (χ0n) is 11.6. The Balaban J connectivity index is 1.88. The normalized spacial score (nSPS) is 24.6. The van der Waals surface area contributed by atoms with E-state index in [-0.39, 0.29) is 0 Å². The molecule has 1 saturated carbocycles. The van der Waals surface area contributed by atoms with Crippen molar-refractivity contribution in [3.8, 4) is 0 Å². The van der Waals surface area contributed by atoms with Crippen LogP contribution in [0.2, 0.25) is 0 Å². The molecular weight excluding hydrogens is 240 g/mol. The second-order valence-electron chi connectivity index (χ2n) is 5.69. The fraction of sp³-hybridized carbons (Fsp3) is 0.692. The molecule has 1 atom stereocenters. The number of hydrogen-bond donors (Lipinski definition) is 2. The first kappa shape index (κ1) is 12.6. The van der Waals surface area contributed by atoms with Crippen LogP contribution in [-0.4, -0.2) is 47.6 Å². The lowest BCUT2D eigenvalue weighted by atomic mass is 10.2. The van der Waals surface area contributed by atoms with Crippen LogP contribution in [0.15, 0.2) is 6.07 Å².